The van der Waals surface area contributed by atoms with Gasteiger partial charge in [0.15, 0.2) is 12.4 Å². The van der Waals surface area contributed by atoms with Gasteiger partial charge in [0.25, 0.3) is 0 Å². The highest BCUT2D eigenvalue weighted by atomic mass is 15.1. The number of likely N-dealkylation sites (tertiary alicyclic amines) is 2. The fourth-order valence-corrected chi connectivity index (χ4v) is 3.29. The van der Waals surface area contributed by atoms with Gasteiger partial charge in [-0.1, -0.05) is 42.5 Å². The van der Waals surface area contributed by atoms with Crippen molar-refractivity contribution >= 4 is 0 Å². The Hall–Kier alpha value is -1.42. The molecule has 2 rings (SSSR count). The van der Waals surface area contributed by atoms with E-state index in [1.807, 2.05) is 9.80 Å². The van der Waals surface area contributed by atoms with E-state index in [-0.39, 0.29) is 14.9 Å². The quantitative estimate of drug-likeness (QED) is 0.670. The zero-order valence-electron chi connectivity index (χ0n) is 14.8. The summed E-state index contributed by atoms with van der Waals surface area (Å²) in [7, 11) is 0. The summed E-state index contributed by atoms with van der Waals surface area (Å²) >= 11 is 0. The van der Waals surface area contributed by atoms with Gasteiger partial charge in [-0.05, 0) is 49.4 Å². The van der Waals surface area contributed by atoms with Crippen LogP contribution in [0.25, 0.3) is 0 Å². The molecule has 2 saturated heterocycles. The summed E-state index contributed by atoms with van der Waals surface area (Å²) in [5.74, 6) is 2.93. The third-order valence-electron chi connectivity index (χ3n) is 5.08. The molecule has 140 valence electrons. The summed E-state index contributed by atoms with van der Waals surface area (Å²) in [5, 5.41) is 17.3. The van der Waals surface area contributed by atoms with Crippen molar-refractivity contribution in [2.75, 3.05) is 26.2 Å². The molecule has 4 heteroatoms. The molecule has 0 aliphatic carbocycles. The van der Waals surface area contributed by atoms with E-state index in [0.29, 0.717) is 0 Å². The molecule has 0 bridgehead atoms. The SMILES string of the molecule is C.C.CC(C)[C@@H]1CCCN(C#N)C1.CC(C)[C@H]1CCCN(C#N)C1. The number of piperidine rings is 2. The summed E-state index contributed by atoms with van der Waals surface area (Å²) in [5.41, 5.74) is 0. The van der Waals surface area contributed by atoms with Crippen LogP contribution in [0.15, 0.2) is 0 Å². The Morgan fingerprint density at radius 3 is 1.33 bits per heavy atom. The van der Waals surface area contributed by atoms with Gasteiger partial charge in [0.05, 0.1) is 0 Å². The second-order valence-corrected chi connectivity index (χ2v) is 7.38. The topological polar surface area (TPSA) is 54.1 Å². The zero-order chi connectivity index (χ0) is 16.5. The molecule has 2 aliphatic rings. The highest BCUT2D eigenvalue weighted by molar-refractivity contribution is 4.83. The van der Waals surface area contributed by atoms with Crippen LogP contribution in [0.5, 0.6) is 0 Å². The van der Waals surface area contributed by atoms with E-state index in [4.69, 9.17) is 10.5 Å². The minimum Gasteiger partial charge on any atom is -0.310 e. The standard InChI is InChI=1S/2C9H16N2.2CH4/c2*1-8(2)9-4-3-5-11(6-9)7-10;;/h2*8-9H,3-6H2,1-2H3;2*1H4/t2*9-;;/m10../s1. The van der Waals surface area contributed by atoms with E-state index in [2.05, 4.69) is 40.1 Å². The van der Waals surface area contributed by atoms with Gasteiger partial charge >= 0.3 is 0 Å². The van der Waals surface area contributed by atoms with E-state index >= 15 is 0 Å². The Morgan fingerprint density at radius 2 is 1.08 bits per heavy atom. The first kappa shape index (κ1) is 24.8. The van der Waals surface area contributed by atoms with Gasteiger partial charge in [-0.25, -0.2) is 0 Å². The van der Waals surface area contributed by atoms with E-state index in [1.165, 1.54) is 25.7 Å². The molecule has 0 amide bonds. The van der Waals surface area contributed by atoms with Gasteiger partial charge in [-0.15, -0.1) is 0 Å². The average Bonchev–Trinajstić information content (AvgIpc) is 2.55. The van der Waals surface area contributed by atoms with E-state index in [0.717, 1.165) is 49.9 Å². The van der Waals surface area contributed by atoms with Crippen LogP contribution in [0.2, 0.25) is 0 Å². The molecular formula is C20H40N4. The average molecular weight is 337 g/mol. The molecule has 2 fully saturated rings. The van der Waals surface area contributed by atoms with Crippen LogP contribution in [0, 0.1) is 46.6 Å². The van der Waals surface area contributed by atoms with Gasteiger partial charge in [0, 0.05) is 26.2 Å². The number of hydrogen-bond acceptors (Lipinski definition) is 4. The lowest BCUT2D eigenvalue weighted by molar-refractivity contribution is 0.200. The van der Waals surface area contributed by atoms with Crippen molar-refractivity contribution in [3.63, 3.8) is 0 Å². The van der Waals surface area contributed by atoms with Gasteiger partial charge in [-0.3, -0.25) is 0 Å². The Morgan fingerprint density at radius 1 is 0.750 bits per heavy atom. The molecule has 0 radical (unpaired) electrons. The van der Waals surface area contributed by atoms with E-state index in [9.17, 15) is 0 Å². The van der Waals surface area contributed by atoms with Crippen LogP contribution < -0.4 is 0 Å². The van der Waals surface area contributed by atoms with E-state index < -0.39 is 0 Å². The lowest BCUT2D eigenvalue weighted by atomic mass is 9.88. The molecule has 2 atom stereocenters. The molecule has 0 aromatic heterocycles. The first-order valence-corrected chi connectivity index (χ1v) is 8.77. The largest absolute Gasteiger partial charge is 0.310 e. The summed E-state index contributed by atoms with van der Waals surface area (Å²) in [6.45, 7) is 12.9. The van der Waals surface area contributed by atoms with Crippen molar-refractivity contribution < 1.29 is 0 Å². The maximum Gasteiger partial charge on any atom is 0.179 e. The molecule has 0 unspecified atom stereocenters. The number of nitriles is 2. The lowest BCUT2D eigenvalue weighted by Gasteiger charge is -2.31. The van der Waals surface area contributed by atoms with Crippen molar-refractivity contribution in [3.8, 4) is 12.4 Å². The maximum atomic E-state index is 8.67. The summed E-state index contributed by atoms with van der Waals surface area (Å²) in [6, 6.07) is 0. The van der Waals surface area contributed by atoms with E-state index in [1.54, 1.807) is 0 Å². The number of nitrogens with zero attached hydrogens (tertiary/aromatic N) is 4. The normalized spacial score (nSPS) is 23.2. The first-order valence-electron chi connectivity index (χ1n) is 8.77. The van der Waals surface area contributed by atoms with Gasteiger partial charge in [0.2, 0.25) is 0 Å². The second kappa shape index (κ2) is 12.9. The molecule has 0 N–H and O–H groups in total. The summed E-state index contributed by atoms with van der Waals surface area (Å²) in [6.07, 6.45) is 9.43. The van der Waals surface area contributed by atoms with Gasteiger partial charge in [-0.2, -0.15) is 10.5 Å². The molecule has 2 heterocycles. The van der Waals surface area contributed by atoms with Crippen LogP contribution in [0.3, 0.4) is 0 Å². The molecule has 0 saturated carbocycles. The minimum absolute atomic E-state index is 0. The summed E-state index contributed by atoms with van der Waals surface area (Å²) < 4.78 is 0. The fourth-order valence-electron chi connectivity index (χ4n) is 3.29. The third kappa shape index (κ3) is 8.44. The van der Waals surface area contributed by atoms with Crippen molar-refractivity contribution in [2.45, 2.75) is 68.2 Å². The molecule has 0 spiro atoms. The predicted octanol–water partition coefficient (Wildman–Crippen LogP) is 4.94. The monoisotopic (exact) mass is 336 g/mol. The highest BCUT2D eigenvalue weighted by Gasteiger charge is 2.21. The highest BCUT2D eigenvalue weighted by Crippen LogP contribution is 2.23. The lowest BCUT2D eigenvalue weighted by Crippen LogP contribution is -2.33. The van der Waals surface area contributed by atoms with Crippen LogP contribution >= 0.6 is 0 Å². The van der Waals surface area contributed by atoms with Crippen molar-refractivity contribution in [1.82, 2.24) is 9.80 Å². The molecule has 4 nitrogen and oxygen atoms in total. The Labute approximate surface area is 151 Å². The first-order chi connectivity index (χ1) is 10.5. The van der Waals surface area contributed by atoms with Crippen molar-refractivity contribution in [3.05, 3.63) is 0 Å². The van der Waals surface area contributed by atoms with Gasteiger partial charge < -0.3 is 9.80 Å². The summed E-state index contributed by atoms with van der Waals surface area (Å²) in [4.78, 5) is 3.77. The fraction of sp³-hybridized carbons (Fsp3) is 0.900. The smallest absolute Gasteiger partial charge is 0.179 e. The van der Waals surface area contributed by atoms with Crippen LogP contribution in [-0.2, 0) is 0 Å². The molecule has 0 aromatic carbocycles. The Bertz CT molecular complexity index is 353. The molecule has 2 aliphatic heterocycles. The molecule has 24 heavy (non-hydrogen) atoms. The third-order valence-corrected chi connectivity index (χ3v) is 5.08. The second-order valence-electron chi connectivity index (χ2n) is 7.38. The van der Waals surface area contributed by atoms with Crippen LogP contribution in [0.4, 0.5) is 0 Å². The zero-order valence-corrected chi connectivity index (χ0v) is 14.8. The molecular weight excluding hydrogens is 296 g/mol. The number of rotatable bonds is 2. The van der Waals surface area contributed by atoms with Crippen molar-refractivity contribution in [2.24, 2.45) is 23.7 Å². The van der Waals surface area contributed by atoms with Crippen LogP contribution in [0.1, 0.15) is 68.2 Å². The predicted molar refractivity (Wildman–Crippen MR) is 103 cm³/mol. The van der Waals surface area contributed by atoms with Crippen LogP contribution in [-0.4, -0.2) is 36.0 Å². The number of hydrogen-bond donors (Lipinski definition) is 0. The maximum absolute atomic E-state index is 8.67. The van der Waals surface area contributed by atoms with Gasteiger partial charge in [0.1, 0.15) is 0 Å². The molecule has 0 aromatic rings. The van der Waals surface area contributed by atoms with Crippen molar-refractivity contribution in [1.29, 1.82) is 10.5 Å². The minimum atomic E-state index is 0. The Balaban J connectivity index is 0. The Kier molecular flexibility index (Phi) is 13.4.